The number of halogens is 1. The zero-order valence-electron chi connectivity index (χ0n) is 10.9. The quantitative estimate of drug-likeness (QED) is 0.906. The van der Waals surface area contributed by atoms with Crippen LogP contribution < -0.4 is 5.32 Å². The average molecular weight is 360 g/mol. The van der Waals surface area contributed by atoms with Gasteiger partial charge in [0, 0.05) is 19.0 Å². The van der Waals surface area contributed by atoms with E-state index in [0.717, 1.165) is 19.4 Å². The molecule has 1 amide bonds. The maximum Gasteiger partial charge on any atom is 0.258 e. The zero-order chi connectivity index (χ0) is 14.0. The Balaban J connectivity index is 2.16. The predicted molar refractivity (Wildman–Crippen MR) is 84.2 cm³/mol. The molecular formula is C12H14BrN3OS2. The van der Waals surface area contributed by atoms with Crippen LogP contribution >= 0.6 is 38.8 Å². The molecule has 0 aliphatic rings. The number of hydrogen-bond donors (Lipinski definition) is 1. The first-order valence-electron chi connectivity index (χ1n) is 5.66. The SMILES string of the molecule is CNc1snc(C)c1C(=O)N(C)Cc1ccc(Br)s1. The van der Waals surface area contributed by atoms with Crippen LogP contribution in [0.2, 0.25) is 0 Å². The van der Waals surface area contributed by atoms with Gasteiger partial charge in [0.15, 0.2) is 0 Å². The van der Waals surface area contributed by atoms with Crippen LogP contribution in [-0.4, -0.2) is 29.3 Å². The van der Waals surface area contributed by atoms with Crippen molar-refractivity contribution in [1.29, 1.82) is 0 Å². The molecule has 0 radical (unpaired) electrons. The molecule has 0 atom stereocenters. The summed E-state index contributed by atoms with van der Waals surface area (Å²) in [5.41, 5.74) is 1.45. The van der Waals surface area contributed by atoms with Crippen molar-refractivity contribution in [3.05, 3.63) is 32.1 Å². The molecule has 0 fully saturated rings. The number of nitrogens with one attached hydrogen (secondary N) is 1. The number of thiophene rings is 1. The van der Waals surface area contributed by atoms with E-state index >= 15 is 0 Å². The standard InChI is InChI=1S/C12H14BrN3OS2/c1-7-10(11(14-2)19-15-7)12(17)16(3)6-8-4-5-9(13)18-8/h4-5,14H,6H2,1-3H3. The number of carbonyl (C=O) groups is 1. The number of hydrogen-bond acceptors (Lipinski definition) is 5. The van der Waals surface area contributed by atoms with E-state index in [2.05, 4.69) is 25.6 Å². The van der Waals surface area contributed by atoms with Crippen molar-refractivity contribution < 1.29 is 4.79 Å². The van der Waals surface area contributed by atoms with Gasteiger partial charge in [0.1, 0.15) is 5.00 Å². The maximum absolute atomic E-state index is 12.5. The van der Waals surface area contributed by atoms with Crippen LogP contribution in [0.15, 0.2) is 15.9 Å². The number of carbonyl (C=O) groups excluding carboxylic acids is 1. The van der Waals surface area contributed by atoms with Gasteiger partial charge in [-0.2, -0.15) is 4.37 Å². The minimum atomic E-state index is 0.000113. The molecule has 102 valence electrons. The third kappa shape index (κ3) is 3.16. The van der Waals surface area contributed by atoms with Crippen molar-refractivity contribution in [2.75, 3.05) is 19.4 Å². The van der Waals surface area contributed by atoms with Crippen LogP contribution in [0.4, 0.5) is 5.00 Å². The normalized spacial score (nSPS) is 10.5. The van der Waals surface area contributed by atoms with E-state index in [9.17, 15) is 4.79 Å². The van der Waals surface area contributed by atoms with Gasteiger partial charge in [-0.05, 0) is 46.5 Å². The van der Waals surface area contributed by atoms with Crippen molar-refractivity contribution in [3.8, 4) is 0 Å². The highest BCUT2D eigenvalue weighted by atomic mass is 79.9. The Kier molecular flexibility index (Phi) is 4.59. The topological polar surface area (TPSA) is 45.2 Å². The van der Waals surface area contributed by atoms with Gasteiger partial charge in [-0.15, -0.1) is 11.3 Å². The molecule has 0 spiro atoms. The van der Waals surface area contributed by atoms with Crippen LogP contribution in [0.1, 0.15) is 20.9 Å². The van der Waals surface area contributed by atoms with E-state index < -0.39 is 0 Å². The lowest BCUT2D eigenvalue weighted by molar-refractivity contribution is 0.0787. The summed E-state index contributed by atoms with van der Waals surface area (Å²) in [4.78, 5) is 15.3. The van der Waals surface area contributed by atoms with Crippen LogP contribution in [0, 0.1) is 6.92 Å². The molecule has 0 bridgehead atoms. The molecule has 0 aliphatic carbocycles. The summed E-state index contributed by atoms with van der Waals surface area (Å²) in [6.07, 6.45) is 0. The molecule has 0 saturated carbocycles. The van der Waals surface area contributed by atoms with Crippen molar-refractivity contribution >= 4 is 49.7 Å². The molecule has 2 rings (SSSR count). The smallest absolute Gasteiger partial charge is 0.258 e. The van der Waals surface area contributed by atoms with E-state index in [1.807, 2.05) is 26.1 Å². The fourth-order valence-corrected chi connectivity index (χ4v) is 4.00. The Labute approximate surface area is 128 Å². The van der Waals surface area contributed by atoms with Crippen molar-refractivity contribution in [1.82, 2.24) is 9.27 Å². The molecule has 1 N–H and O–H groups in total. The molecule has 0 saturated heterocycles. The second-order valence-electron chi connectivity index (χ2n) is 4.09. The number of amides is 1. The highest BCUT2D eigenvalue weighted by molar-refractivity contribution is 9.11. The summed E-state index contributed by atoms with van der Waals surface area (Å²) in [7, 11) is 3.62. The monoisotopic (exact) mass is 359 g/mol. The second-order valence-corrected chi connectivity index (χ2v) is 7.41. The first-order chi connectivity index (χ1) is 9.02. The number of nitrogens with zero attached hydrogens (tertiary/aromatic N) is 2. The summed E-state index contributed by atoms with van der Waals surface area (Å²) in [6, 6.07) is 4.02. The highest BCUT2D eigenvalue weighted by Gasteiger charge is 2.21. The van der Waals surface area contributed by atoms with Gasteiger partial charge in [0.2, 0.25) is 0 Å². The Morgan fingerprint density at radius 2 is 2.26 bits per heavy atom. The largest absolute Gasteiger partial charge is 0.378 e. The Morgan fingerprint density at radius 3 is 2.84 bits per heavy atom. The summed E-state index contributed by atoms with van der Waals surface area (Å²) in [5, 5.41) is 3.84. The van der Waals surface area contributed by atoms with E-state index in [1.54, 1.807) is 23.3 Å². The van der Waals surface area contributed by atoms with Crippen molar-refractivity contribution in [2.45, 2.75) is 13.5 Å². The molecule has 4 nitrogen and oxygen atoms in total. The van der Waals surface area contributed by atoms with E-state index in [4.69, 9.17) is 0 Å². The van der Waals surface area contributed by atoms with Gasteiger partial charge in [0.25, 0.3) is 5.91 Å². The lowest BCUT2D eigenvalue weighted by Gasteiger charge is -2.16. The van der Waals surface area contributed by atoms with Crippen LogP contribution in [0.25, 0.3) is 0 Å². The first kappa shape index (κ1) is 14.5. The lowest BCUT2D eigenvalue weighted by atomic mass is 10.2. The molecule has 0 unspecified atom stereocenters. The summed E-state index contributed by atoms with van der Waals surface area (Å²) >= 11 is 6.39. The average Bonchev–Trinajstić information content (AvgIpc) is 2.94. The Bertz CT molecular complexity index is 594. The Hall–Kier alpha value is -0.920. The minimum Gasteiger partial charge on any atom is -0.378 e. The van der Waals surface area contributed by atoms with Crippen LogP contribution in [-0.2, 0) is 6.54 Å². The first-order valence-corrected chi connectivity index (χ1v) is 8.05. The maximum atomic E-state index is 12.5. The fraction of sp³-hybridized carbons (Fsp3) is 0.333. The van der Waals surface area contributed by atoms with Crippen LogP contribution in [0.5, 0.6) is 0 Å². The van der Waals surface area contributed by atoms with E-state index in [0.29, 0.717) is 12.1 Å². The van der Waals surface area contributed by atoms with Gasteiger partial charge in [-0.1, -0.05) is 0 Å². The zero-order valence-corrected chi connectivity index (χ0v) is 14.1. The molecule has 0 aromatic carbocycles. The third-order valence-electron chi connectivity index (χ3n) is 2.67. The summed E-state index contributed by atoms with van der Waals surface area (Å²) < 4.78 is 5.31. The van der Waals surface area contributed by atoms with Gasteiger partial charge in [-0.3, -0.25) is 4.79 Å². The molecule has 0 aliphatic heterocycles. The highest BCUT2D eigenvalue weighted by Crippen LogP contribution is 2.27. The van der Waals surface area contributed by atoms with Crippen molar-refractivity contribution in [2.24, 2.45) is 0 Å². The number of aromatic nitrogens is 1. The van der Waals surface area contributed by atoms with Crippen molar-refractivity contribution in [3.63, 3.8) is 0 Å². The summed E-state index contributed by atoms with van der Waals surface area (Å²) in [5.74, 6) is 0.000113. The van der Waals surface area contributed by atoms with Crippen LogP contribution in [0.3, 0.4) is 0 Å². The lowest BCUT2D eigenvalue weighted by Crippen LogP contribution is -2.26. The fourth-order valence-electron chi connectivity index (χ4n) is 1.73. The number of anilines is 1. The van der Waals surface area contributed by atoms with Gasteiger partial charge in [-0.25, -0.2) is 0 Å². The number of rotatable bonds is 4. The molecule has 2 aromatic heterocycles. The van der Waals surface area contributed by atoms with Gasteiger partial charge >= 0.3 is 0 Å². The van der Waals surface area contributed by atoms with Gasteiger partial charge in [0.05, 0.1) is 21.6 Å². The molecule has 19 heavy (non-hydrogen) atoms. The van der Waals surface area contributed by atoms with E-state index in [-0.39, 0.29) is 5.91 Å². The molecule has 2 heterocycles. The molecule has 7 heteroatoms. The van der Waals surface area contributed by atoms with Gasteiger partial charge < -0.3 is 10.2 Å². The molecular weight excluding hydrogens is 346 g/mol. The molecule has 2 aromatic rings. The predicted octanol–water partition coefficient (Wildman–Crippen LogP) is 3.59. The minimum absolute atomic E-state index is 0.000113. The van der Waals surface area contributed by atoms with E-state index in [1.165, 1.54) is 11.5 Å². The third-order valence-corrected chi connectivity index (χ3v) is 5.24. The summed E-state index contributed by atoms with van der Waals surface area (Å²) in [6.45, 7) is 2.47. The second kappa shape index (κ2) is 6.02. The Morgan fingerprint density at radius 1 is 1.53 bits per heavy atom. The number of aryl methyl sites for hydroxylation is 1.